The van der Waals surface area contributed by atoms with Gasteiger partial charge in [-0.05, 0) is 88.2 Å². The first-order chi connectivity index (χ1) is 35.4. The summed E-state index contributed by atoms with van der Waals surface area (Å²) in [6.07, 6.45) is 11.9. The van der Waals surface area contributed by atoms with Crippen LogP contribution < -0.4 is 37.0 Å². The molecule has 0 bridgehead atoms. The molecule has 0 unspecified atom stereocenters. The molecule has 16 nitrogen and oxygen atoms in total. The molecule has 3 aromatic carbocycles. The number of piperazine rings is 2. The molecule has 2 aliphatic heterocycles. The lowest BCUT2D eigenvalue weighted by Gasteiger charge is -2.30. The number of benzene rings is 3. The quantitative estimate of drug-likeness (QED) is 0.0279. The number of hydrogen-bond acceptors (Lipinski definition) is 13. The fraction of sp³-hybridized carbons (Fsp3) is 0.434. The zero-order chi connectivity index (χ0) is 53.6. The van der Waals surface area contributed by atoms with Crippen molar-refractivity contribution in [2.75, 3.05) is 70.5 Å². The summed E-state index contributed by atoms with van der Waals surface area (Å²) >= 11 is 4.86. The van der Waals surface area contributed by atoms with Crippen LogP contribution in [0.5, 0.6) is 0 Å². The van der Waals surface area contributed by atoms with Crippen molar-refractivity contribution < 1.29 is 60.1 Å². The Bertz CT molecular complexity index is 3000. The van der Waals surface area contributed by atoms with E-state index in [1.807, 2.05) is 9.47 Å². The summed E-state index contributed by atoms with van der Waals surface area (Å²) in [5.41, 5.74) is -1.00. The maximum Gasteiger partial charge on any atom is 0.343 e. The number of nitrogens with one attached hydrogen (secondary N) is 4. The van der Waals surface area contributed by atoms with Crippen molar-refractivity contribution >= 4 is 62.2 Å². The van der Waals surface area contributed by atoms with Crippen molar-refractivity contribution in [3.05, 3.63) is 133 Å². The van der Waals surface area contributed by atoms with Crippen LogP contribution in [-0.2, 0) is 14.3 Å². The number of rotatable bonds is 11. The van der Waals surface area contributed by atoms with Gasteiger partial charge in [0.25, 0.3) is 5.24 Å². The number of aromatic nitrogens is 2. The third-order valence-electron chi connectivity index (χ3n) is 11.8. The van der Waals surface area contributed by atoms with Crippen molar-refractivity contribution in [1.82, 2.24) is 30.4 Å². The van der Waals surface area contributed by atoms with Crippen molar-refractivity contribution in [3.63, 3.8) is 0 Å². The van der Waals surface area contributed by atoms with Gasteiger partial charge in [0.1, 0.15) is 22.8 Å². The fourth-order valence-corrected chi connectivity index (χ4v) is 7.78. The third kappa shape index (κ3) is 16.9. The van der Waals surface area contributed by atoms with Crippen LogP contribution in [0, 0.1) is 34.9 Å². The first-order valence-corrected chi connectivity index (χ1v) is 24.4. The second kappa shape index (κ2) is 29.0. The second-order valence-electron chi connectivity index (χ2n) is 17.4. The van der Waals surface area contributed by atoms with E-state index >= 15 is 0 Å². The maximum atomic E-state index is 14.6. The molecule has 10 rings (SSSR count). The Hall–Kier alpha value is -6.75. The van der Waals surface area contributed by atoms with Crippen LogP contribution in [0.15, 0.2) is 70.7 Å². The molecule has 0 radical (unpaired) electrons. The average molecular weight is 1090 g/mol. The highest BCUT2D eigenvalue weighted by Crippen LogP contribution is 2.39. The second-order valence-corrected chi connectivity index (χ2v) is 17.8. The minimum atomic E-state index is -1.35. The predicted octanol–water partition coefficient (Wildman–Crippen LogP) is 8.12. The number of carboxylic acids is 1. The Balaban J connectivity index is 0.000000218. The topological polar surface area (TPSA) is 202 Å². The molecule has 23 heteroatoms. The Kier molecular flexibility index (Phi) is 23.5. The van der Waals surface area contributed by atoms with Gasteiger partial charge in [-0.15, -0.1) is 0 Å². The van der Waals surface area contributed by atoms with Gasteiger partial charge in [-0.25, -0.2) is 40.7 Å². The first kappa shape index (κ1) is 61.8. The number of esters is 2. The average Bonchev–Trinajstić information content (AvgIpc) is 4.21. The molecule has 5 fully saturated rings. The van der Waals surface area contributed by atoms with E-state index in [0.29, 0.717) is 48.5 Å². The number of halogens is 7. The number of nitrogens with zero attached hydrogens (tertiary/aromatic N) is 3. The van der Waals surface area contributed by atoms with Gasteiger partial charge in [0.2, 0.25) is 10.9 Å². The zero-order valence-electron chi connectivity index (χ0n) is 40.5. The number of ether oxygens (including phenoxy) is 2. The van der Waals surface area contributed by atoms with E-state index in [1.54, 1.807) is 30.7 Å². The zero-order valence-corrected chi connectivity index (χ0v) is 41.3. The number of pyridine rings is 2. The third-order valence-corrected chi connectivity index (χ3v) is 12.0. The molecule has 2 aromatic heterocycles. The van der Waals surface area contributed by atoms with Gasteiger partial charge in [0.05, 0.1) is 35.5 Å². The van der Waals surface area contributed by atoms with Gasteiger partial charge in [0.15, 0.2) is 23.3 Å². The minimum Gasteiger partial charge on any atom is -0.477 e. The number of carbonyl (C=O) groups excluding carboxylic acids is 3. The maximum absolute atomic E-state index is 14.6. The normalized spacial score (nSPS) is 15.6. The fourth-order valence-electron chi connectivity index (χ4n) is 7.64. The minimum absolute atomic E-state index is 0. The molecule has 3 saturated carbocycles. The van der Waals surface area contributed by atoms with Gasteiger partial charge in [-0.2, -0.15) is 0 Å². The SMILES string of the molecule is C.C.C1CNCCN1.CCOC(=O)/C=C\NC1CC1.CCOC(=O)c1cn(C2CC2)c2cc(F)c(F)cc2c1=O.O=C(Cl)c1cc(F)c(F)cc1F.O=C(O)c1cn(C2CC2)c2cc(N3CCNCC3)c(F)cc2c1=O. The number of anilines is 1. The van der Waals surface area contributed by atoms with E-state index in [-0.39, 0.29) is 67.5 Å². The lowest BCUT2D eigenvalue weighted by Crippen LogP contribution is -2.43. The van der Waals surface area contributed by atoms with Gasteiger partial charge in [0, 0.05) is 118 Å². The van der Waals surface area contributed by atoms with Gasteiger partial charge >= 0.3 is 17.9 Å². The molecular formula is C53H64ClF6N7O9. The molecule has 0 spiro atoms. The molecular weight excluding hydrogens is 1030 g/mol. The number of carboxylic acid groups (broad SMARTS) is 1. The van der Waals surface area contributed by atoms with Gasteiger partial charge in [-0.3, -0.25) is 14.4 Å². The Morgan fingerprint density at radius 3 is 1.61 bits per heavy atom. The lowest BCUT2D eigenvalue weighted by atomic mass is 10.1. The number of aromatic carboxylic acids is 1. The van der Waals surface area contributed by atoms with E-state index < -0.39 is 68.5 Å². The molecule has 76 heavy (non-hydrogen) atoms. The predicted molar refractivity (Wildman–Crippen MR) is 278 cm³/mol. The van der Waals surface area contributed by atoms with Crippen LogP contribution in [0.25, 0.3) is 21.8 Å². The van der Waals surface area contributed by atoms with E-state index in [1.165, 1.54) is 37.4 Å². The number of fused-ring (bicyclic) bond motifs is 2. The first-order valence-electron chi connectivity index (χ1n) is 24.1. The van der Waals surface area contributed by atoms with Gasteiger partial charge < -0.3 is 49.9 Å². The molecule has 0 atom stereocenters. The molecule has 5 aromatic rings. The van der Waals surface area contributed by atoms with Crippen LogP contribution in [0.1, 0.15) is 110 Å². The standard InChI is InChI=1S/C17H18FN3O3.C15H13F2NO3.C8H13NO2.C7H2ClF3O.C4H10N2.2CH4/c18-13-7-11-14(8-15(13)20-5-3-19-4-6-20)21(10-1-2-10)9-12(16(11)22)17(23)24;1-2-21-15(20)10-7-18(8-3-4-8)13-6-12(17)11(16)5-9(13)14(10)19;1-2-11-8(10)5-6-9-7-3-4-7;8-7(12)3-1-5(10)6(11)2-4(3)9;1-2-6-4-3-5-1;;/h7-10,19H,1-6H2,(H,23,24);5-8H,2-4H2,1H3;5-7,9H,2-4H2,1H3;1-2H;5-6H,1-4H2;2*1H4/b;;6-5-;;;;. The molecule has 4 heterocycles. The smallest absolute Gasteiger partial charge is 0.343 e. The Morgan fingerprint density at radius 1 is 0.632 bits per heavy atom. The number of carbonyl (C=O) groups is 4. The van der Waals surface area contributed by atoms with Crippen LogP contribution in [-0.4, -0.2) is 109 Å². The highest BCUT2D eigenvalue weighted by molar-refractivity contribution is 6.67. The van der Waals surface area contributed by atoms with Crippen LogP contribution in [0.3, 0.4) is 0 Å². The summed E-state index contributed by atoms with van der Waals surface area (Å²) in [4.78, 5) is 70.9. The van der Waals surface area contributed by atoms with Crippen molar-refractivity contribution in [2.45, 2.75) is 85.4 Å². The number of hydrogen-bond donors (Lipinski definition) is 5. The summed E-state index contributed by atoms with van der Waals surface area (Å²) in [5.74, 6) is -8.73. The van der Waals surface area contributed by atoms with E-state index in [4.69, 9.17) is 16.3 Å². The Morgan fingerprint density at radius 2 is 1.11 bits per heavy atom. The largest absolute Gasteiger partial charge is 0.477 e. The summed E-state index contributed by atoms with van der Waals surface area (Å²) in [5, 5.41) is 21.0. The highest BCUT2D eigenvalue weighted by Gasteiger charge is 2.30. The summed E-state index contributed by atoms with van der Waals surface area (Å²) in [7, 11) is 0. The van der Waals surface area contributed by atoms with Crippen molar-refractivity contribution in [2.24, 2.45) is 0 Å². The Labute approximate surface area is 440 Å². The van der Waals surface area contributed by atoms with Crippen molar-refractivity contribution in [1.29, 1.82) is 0 Å². The monoisotopic (exact) mass is 1090 g/mol. The van der Waals surface area contributed by atoms with Crippen LogP contribution in [0.2, 0.25) is 0 Å². The van der Waals surface area contributed by atoms with E-state index in [9.17, 15) is 60.2 Å². The van der Waals surface area contributed by atoms with Crippen LogP contribution >= 0.6 is 11.6 Å². The van der Waals surface area contributed by atoms with E-state index in [0.717, 1.165) is 77.1 Å². The molecule has 3 aliphatic carbocycles. The summed E-state index contributed by atoms with van der Waals surface area (Å²) < 4.78 is 91.7. The highest BCUT2D eigenvalue weighted by atomic mass is 35.5. The van der Waals surface area contributed by atoms with E-state index in [2.05, 4.69) is 26.0 Å². The van der Waals surface area contributed by atoms with Crippen LogP contribution in [0.4, 0.5) is 32.0 Å². The molecule has 5 aliphatic rings. The van der Waals surface area contributed by atoms with Gasteiger partial charge in [-0.1, -0.05) is 14.9 Å². The molecule has 2 saturated heterocycles. The molecule has 414 valence electrons. The summed E-state index contributed by atoms with van der Waals surface area (Å²) in [6.45, 7) is 11.5. The molecule has 5 N–H and O–H groups in total. The van der Waals surface area contributed by atoms with Crippen molar-refractivity contribution in [3.8, 4) is 0 Å². The molecule has 0 amide bonds. The lowest BCUT2D eigenvalue weighted by molar-refractivity contribution is -0.137. The summed E-state index contributed by atoms with van der Waals surface area (Å²) in [6, 6.07) is 6.31.